The lowest BCUT2D eigenvalue weighted by Gasteiger charge is -2.24. The number of thioether (sulfide) groups is 1. The number of aromatic nitrogens is 1. The van der Waals surface area contributed by atoms with E-state index < -0.39 is 0 Å². The molecule has 1 aliphatic rings. The molecule has 0 amide bonds. The summed E-state index contributed by atoms with van der Waals surface area (Å²) in [6.45, 7) is 1.94. The first-order valence-corrected chi connectivity index (χ1v) is 5.96. The van der Waals surface area contributed by atoms with Gasteiger partial charge in [-0.15, -0.1) is 0 Å². The molecule has 14 heavy (non-hydrogen) atoms. The molecule has 4 heteroatoms. The summed E-state index contributed by atoms with van der Waals surface area (Å²) >= 11 is 1.73. The quantitative estimate of drug-likeness (QED) is 0.817. The van der Waals surface area contributed by atoms with E-state index in [-0.39, 0.29) is 0 Å². The van der Waals surface area contributed by atoms with Crippen LogP contribution in [0.2, 0.25) is 0 Å². The Morgan fingerprint density at radius 3 is 3.07 bits per heavy atom. The minimum absolute atomic E-state index is 0.373. The van der Waals surface area contributed by atoms with Gasteiger partial charge in [0.2, 0.25) is 0 Å². The van der Waals surface area contributed by atoms with Gasteiger partial charge in [-0.05, 0) is 26.2 Å². The second-order valence-electron chi connectivity index (χ2n) is 3.92. The molecule has 1 aliphatic carbocycles. The van der Waals surface area contributed by atoms with Gasteiger partial charge in [-0.2, -0.15) is 0 Å². The van der Waals surface area contributed by atoms with Crippen LogP contribution in [0.3, 0.4) is 0 Å². The van der Waals surface area contributed by atoms with Gasteiger partial charge in [0, 0.05) is 11.3 Å². The lowest BCUT2D eigenvalue weighted by atomic mass is 9.96. The van der Waals surface area contributed by atoms with E-state index in [0.29, 0.717) is 11.3 Å². The maximum Gasteiger partial charge on any atom is 0.256 e. The molecular weight excluding hydrogens is 196 g/mol. The van der Waals surface area contributed by atoms with Crippen molar-refractivity contribution in [3.63, 3.8) is 0 Å². The summed E-state index contributed by atoms with van der Waals surface area (Å²) < 4.78 is 5.31. The fourth-order valence-corrected chi connectivity index (χ4v) is 3.03. The van der Waals surface area contributed by atoms with Crippen molar-refractivity contribution in [3.05, 3.63) is 12.0 Å². The highest BCUT2D eigenvalue weighted by Crippen LogP contribution is 2.32. The van der Waals surface area contributed by atoms with E-state index in [1.54, 1.807) is 18.0 Å². The zero-order valence-electron chi connectivity index (χ0n) is 8.40. The van der Waals surface area contributed by atoms with Crippen molar-refractivity contribution in [2.24, 2.45) is 5.73 Å². The van der Waals surface area contributed by atoms with Crippen molar-refractivity contribution in [2.45, 2.75) is 49.1 Å². The average molecular weight is 212 g/mol. The van der Waals surface area contributed by atoms with Crippen LogP contribution in [0.15, 0.2) is 15.9 Å². The summed E-state index contributed by atoms with van der Waals surface area (Å²) in [5.41, 5.74) is 6.87. The summed E-state index contributed by atoms with van der Waals surface area (Å²) in [7, 11) is 0. The minimum Gasteiger partial charge on any atom is -0.440 e. The molecular formula is C10H16N2OS. The zero-order valence-corrected chi connectivity index (χ0v) is 9.22. The number of nitrogens with two attached hydrogens (primary N) is 1. The Morgan fingerprint density at radius 1 is 1.57 bits per heavy atom. The Kier molecular flexibility index (Phi) is 3.13. The van der Waals surface area contributed by atoms with Crippen molar-refractivity contribution in [1.29, 1.82) is 0 Å². The van der Waals surface area contributed by atoms with Crippen LogP contribution in [-0.2, 0) is 0 Å². The first-order valence-electron chi connectivity index (χ1n) is 5.08. The number of hydrogen-bond donors (Lipinski definition) is 1. The number of oxazole rings is 1. The Balaban J connectivity index is 1.90. The molecule has 0 bridgehead atoms. The summed E-state index contributed by atoms with van der Waals surface area (Å²) in [4.78, 5) is 4.29. The van der Waals surface area contributed by atoms with Crippen LogP contribution in [0.5, 0.6) is 0 Å². The van der Waals surface area contributed by atoms with Crippen molar-refractivity contribution in [3.8, 4) is 0 Å². The molecule has 2 rings (SSSR count). The van der Waals surface area contributed by atoms with Gasteiger partial charge < -0.3 is 10.2 Å². The molecule has 3 nitrogen and oxygen atoms in total. The Bertz CT molecular complexity index is 300. The second-order valence-corrected chi connectivity index (χ2v) is 5.17. The molecule has 0 spiro atoms. The molecule has 2 N–H and O–H groups in total. The maximum atomic E-state index is 5.92. The van der Waals surface area contributed by atoms with Crippen LogP contribution < -0.4 is 5.73 Å². The molecule has 0 aromatic carbocycles. The first-order chi connectivity index (χ1) is 6.74. The number of aryl methyl sites for hydroxylation is 1. The van der Waals surface area contributed by atoms with E-state index in [9.17, 15) is 0 Å². The van der Waals surface area contributed by atoms with Crippen molar-refractivity contribution < 1.29 is 4.42 Å². The van der Waals surface area contributed by atoms with Gasteiger partial charge in [-0.1, -0.05) is 18.2 Å². The van der Waals surface area contributed by atoms with Crippen molar-refractivity contribution in [2.75, 3.05) is 0 Å². The predicted octanol–water partition coefficient (Wildman–Crippen LogP) is 2.35. The van der Waals surface area contributed by atoms with E-state index in [2.05, 4.69) is 4.98 Å². The van der Waals surface area contributed by atoms with Crippen molar-refractivity contribution >= 4 is 11.8 Å². The lowest BCUT2D eigenvalue weighted by molar-refractivity contribution is 0.433. The molecule has 1 aromatic heterocycles. The molecule has 78 valence electrons. The standard InChI is InChI=1S/C10H16N2OS/c1-7-6-13-10(12-7)14-9-4-2-3-8(11)5-9/h6,8-9H,2-5,11H2,1H3. The monoisotopic (exact) mass is 212 g/mol. The van der Waals surface area contributed by atoms with Gasteiger partial charge in [0.25, 0.3) is 5.22 Å². The van der Waals surface area contributed by atoms with Gasteiger partial charge >= 0.3 is 0 Å². The van der Waals surface area contributed by atoms with E-state index in [0.717, 1.165) is 17.3 Å². The Labute approximate surface area is 88.5 Å². The Morgan fingerprint density at radius 2 is 2.43 bits per heavy atom. The van der Waals surface area contributed by atoms with Crippen LogP contribution >= 0.6 is 11.8 Å². The average Bonchev–Trinajstić information content (AvgIpc) is 2.51. The van der Waals surface area contributed by atoms with Crippen LogP contribution in [0, 0.1) is 6.92 Å². The summed E-state index contributed by atoms with van der Waals surface area (Å²) in [6, 6.07) is 0.373. The molecule has 0 aliphatic heterocycles. The van der Waals surface area contributed by atoms with E-state index in [1.807, 2.05) is 6.92 Å². The Hall–Kier alpha value is -0.480. The van der Waals surface area contributed by atoms with Gasteiger partial charge in [0.15, 0.2) is 0 Å². The third-order valence-corrected chi connectivity index (χ3v) is 3.68. The smallest absolute Gasteiger partial charge is 0.256 e. The maximum absolute atomic E-state index is 5.92. The second kappa shape index (κ2) is 4.36. The third-order valence-electron chi connectivity index (χ3n) is 2.53. The molecule has 1 aromatic rings. The largest absolute Gasteiger partial charge is 0.440 e. The fraction of sp³-hybridized carbons (Fsp3) is 0.700. The van der Waals surface area contributed by atoms with E-state index in [1.165, 1.54) is 19.3 Å². The van der Waals surface area contributed by atoms with Crippen LogP contribution in [-0.4, -0.2) is 16.3 Å². The highest BCUT2D eigenvalue weighted by Gasteiger charge is 2.21. The molecule has 1 fully saturated rings. The lowest BCUT2D eigenvalue weighted by Crippen LogP contribution is -2.29. The van der Waals surface area contributed by atoms with Gasteiger partial charge in [0.1, 0.15) is 6.26 Å². The number of nitrogens with zero attached hydrogens (tertiary/aromatic N) is 1. The SMILES string of the molecule is Cc1coc(SC2CCCC(N)C2)n1. The van der Waals surface area contributed by atoms with Crippen molar-refractivity contribution in [1.82, 2.24) is 4.98 Å². The van der Waals surface area contributed by atoms with Gasteiger partial charge in [-0.3, -0.25) is 0 Å². The molecule has 2 atom stereocenters. The summed E-state index contributed by atoms with van der Waals surface area (Å²) in [6.07, 6.45) is 6.43. The molecule has 1 heterocycles. The molecule has 0 radical (unpaired) electrons. The number of rotatable bonds is 2. The minimum atomic E-state index is 0.373. The van der Waals surface area contributed by atoms with Gasteiger partial charge in [0.05, 0.1) is 5.69 Å². The fourth-order valence-electron chi connectivity index (χ4n) is 1.82. The third kappa shape index (κ3) is 2.51. The topological polar surface area (TPSA) is 52.0 Å². The first kappa shape index (κ1) is 10.1. The van der Waals surface area contributed by atoms with Crippen LogP contribution in [0.1, 0.15) is 31.4 Å². The van der Waals surface area contributed by atoms with Gasteiger partial charge in [-0.25, -0.2) is 4.98 Å². The van der Waals surface area contributed by atoms with E-state index in [4.69, 9.17) is 10.2 Å². The summed E-state index contributed by atoms with van der Waals surface area (Å²) in [5, 5.41) is 1.39. The molecule has 2 unspecified atom stereocenters. The van der Waals surface area contributed by atoms with Crippen LogP contribution in [0.25, 0.3) is 0 Å². The normalized spacial score (nSPS) is 27.9. The molecule has 0 saturated heterocycles. The van der Waals surface area contributed by atoms with E-state index >= 15 is 0 Å². The zero-order chi connectivity index (χ0) is 9.97. The highest BCUT2D eigenvalue weighted by atomic mass is 32.2. The summed E-state index contributed by atoms with van der Waals surface area (Å²) in [5.74, 6) is 0. The predicted molar refractivity (Wildman–Crippen MR) is 57.3 cm³/mol. The highest BCUT2D eigenvalue weighted by molar-refractivity contribution is 7.99. The molecule has 1 saturated carbocycles. The number of hydrogen-bond acceptors (Lipinski definition) is 4. The van der Waals surface area contributed by atoms with Crippen LogP contribution in [0.4, 0.5) is 0 Å².